The SMILES string of the molecule is COc1c(C(=O)N2CCN(c3ccc(C(C)=O)cc3)CC2)[nH]c(=O)c(CC(C)C)[n+]1[O-]. The van der Waals surface area contributed by atoms with Gasteiger partial charge in [0.15, 0.2) is 5.78 Å². The van der Waals surface area contributed by atoms with Crippen molar-refractivity contribution >= 4 is 17.4 Å². The Balaban J connectivity index is 1.76. The molecular formula is C22H28N4O5. The van der Waals surface area contributed by atoms with Gasteiger partial charge in [0, 0.05) is 43.9 Å². The van der Waals surface area contributed by atoms with E-state index in [1.807, 2.05) is 26.0 Å². The number of carbonyl (C=O) groups excluding carboxylic acids is 2. The molecule has 0 bridgehead atoms. The van der Waals surface area contributed by atoms with Crippen LogP contribution in [0, 0.1) is 11.1 Å². The Hall–Kier alpha value is -3.36. The second-order valence-electron chi connectivity index (χ2n) is 8.06. The molecule has 3 rings (SSSR count). The summed E-state index contributed by atoms with van der Waals surface area (Å²) in [6.07, 6.45) is 0.282. The quantitative estimate of drug-likeness (QED) is 0.423. The summed E-state index contributed by atoms with van der Waals surface area (Å²) < 4.78 is 5.61. The molecule has 0 atom stereocenters. The molecule has 31 heavy (non-hydrogen) atoms. The molecule has 2 aromatic rings. The van der Waals surface area contributed by atoms with Gasteiger partial charge in [-0.25, -0.2) is 0 Å². The molecule has 9 heteroatoms. The summed E-state index contributed by atoms with van der Waals surface area (Å²) in [5, 5.41) is 12.6. The van der Waals surface area contributed by atoms with Crippen LogP contribution >= 0.6 is 0 Å². The molecule has 0 saturated carbocycles. The average molecular weight is 428 g/mol. The maximum atomic E-state index is 13.0. The van der Waals surface area contributed by atoms with E-state index in [0.29, 0.717) is 36.5 Å². The number of carbonyl (C=O) groups is 2. The molecule has 1 aliphatic rings. The lowest BCUT2D eigenvalue weighted by molar-refractivity contribution is -0.622. The largest absolute Gasteiger partial charge is 0.616 e. The molecule has 1 fully saturated rings. The van der Waals surface area contributed by atoms with E-state index >= 15 is 0 Å². The molecule has 0 aliphatic carbocycles. The zero-order valence-corrected chi connectivity index (χ0v) is 18.3. The highest BCUT2D eigenvalue weighted by atomic mass is 16.5. The number of ketones is 1. The summed E-state index contributed by atoms with van der Waals surface area (Å²) in [5.41, 5.74) is 0.951. The summed E-state index contributed by atoms with van der Waals surface area (Å²) in [4.78, 5) is 43.2. The van der Waals surface area contributed by atoms with Crippen molar-refractivity contribution in [2.24, 2.45) is 5.92 Å². The maximum absolute atomic E-state index is 13.0. The summed E-state index contributed by atoms with van der Waals surface area (Å²) in [6.45, 7) is 7.34. The van der Waals surface area contributed by atoms with Crippen LogP contribution in [0.5, 0.6) is 5.88 Å². The molecule has 2 heterocycles. The fourth-order valence-corrected chi connectivity index (χ4v) is 3.68. The van der Waals surface area contributed by atoms with Crippen molar-refractivity contribution in [1.82, 2.24) is 9.88 Å². The zero-order valence-electron chi connectivity index (χ0n) is 18.3. The Bertz CT molecular complexity index is 1020. The number of nitrogens with zero attached hydrogens (tertiary/aromatic N) is 3. The van der Waals surface area contributed by atoms with E-state index < -0.39 is 11.5 Å². The van der Waals surface area contributed by atoms with Gasteiger partial charge in [-0.3, -0.25) is 14.4 Å². The van der Waals surface area contributed by atoms with Crippen molar-refractivity contribution in [3.8, 4) is 5.88 Å². The monoisotopic (exact) mass is 428 g/mol. The number of piperazine rings is 1. The van der Waals surface area contributed by atoms with Crippen molar-refractivity contribution in [3.05, 3.63) is 56.8 Å². The number of anilines is 1. The van der Waals surface area contributed by atoms with Crippen molar-refractivity contribution < 1.29 is 19.1 Å². The van der Waals surface area contributed by atoms with Crippen LogP contribution < -0.4 is 19.9 Å². The van der Waals surface area contributed by atoms with Gasteiger partial charge in [0.05, 0.1) is 7.11 Å². The van der Waals surface area contributed by atoms with Crippen molar-refractivity contribution in [2.75, 3.05) is 38.2 Å². The standard InChI is InChI=1S/C22H28N4O5/c1-14(2)13-18-20(28)23-19(22(31-4)26(18)30)21(29)25-11-9-24(10-12-25)17-7-5-16(6-8-17)15(3)27/h5-8,14H,9-13H2,1-4H3,(H,23,28). The number of amides is 1. The number of benzene rings is 1. The molecule has 1 aromatic carbocycles. The number of rotatable bonds is 6. The molecule has 166 valence electrons. The summed E-state index contributed by atoms with van der Waals surface area (Å²) in [5.74, 6) is -0.520. The Labute approximate surface area is 180 Å². The fraction of sp³-hybridized carbons (Fsp3) is 0.455. The van der Waals surface area contributed by atoms with E-state index in [1.54, 1.807) is 17.0 Å². The second-order valence-corrected chi connectivity index (χ2v) is 8.06. The van der Waals surface area contributed by atoms with Crippen LogP contribution in [0.4, 0.5) is 5.69 Å². The Morgan fingerprint density at radius 3 is 2.29 bits per heavy atom. The number of aromatic amines is 1. The molecule has 1 N–H and O–H groups in total. The van der Waals surface area contributed by atoms with Gasteiger partial charge in [-0.15, -0.1) is 4.73 Å². The lowest BCUT2D eigenvalue weighted by Crippen LogP contribution is -2.50. The summed E-state index contributed by atoms with van der Waals surface area (Å²) in [6, 6.07) is 7.36. The Morgan fingerprint density at radius 1 is 1.16 bits per heavy atom. The van der Waals surface area contributed by atoms with E-state index in [2.05, 4.69) is 9.88 Å². The molecule has 9 nitrogen and oxygen atoms in total. The molecule has 1 aromatic heterocycles. The van der Waals surface area contributed by atoms with Crippen LogP contribution in [0.2, 0.25) is 0 Å². The van der Waals surface area contributed by atoms with Crippen LogP contribution in [0.1, 0.15) is 47.3 Å². The van der Waals surface area contributed by atoms with Crippen LogP contribution in [-0.4, -0.2) is 54.9 Å². The number of H-pyrrole nitrogens is 1. The predicted octanol–water partition coefficient (Wildman–Crippen LogP) is 1.38. The van der Waals surface area contributed by atoms with Crippen molar-refractivity contribution in [3.63, 3.8) is 0 Å². The van der Waals surface area contributed by atoms with Crippen LogP contribution in [-0.2, 0) is 6.42 Å². The predicted molar refractivity (Wildman–Crippen MR) is 116 cm³/mol. The van der Waals surface area contributed by atoms with Gasteiger partial charge in [-0.05, 0) is 37.1 Å². The molecule has 1 amide bonds. The number of Topliss-reactive ketones (excluding diaryl/α,β-unsaturated/α-hetero) is 1. The van der Waals surface area contributed by atoms with Crippen LogP contribution in [0.15, 0.2) is 29.1 Å². The molecular weight excluding hydrogens is 400 g/mol. The minimum absolute atomic E-state index is 0.0138. The third kappa shape index (κ3) is 4.70. The molecule has 0 unspecified atom stereocenters. The first-order valence-corrected chi connectivity index (χ1v) is 10.3. The van der Waals surface area contributed by atoms with Crippen LogP contribution in [0.25, 0.3) is 0 Å². The van der Waals surface area contributed by atoms with Gasteiger partial charge in [0.2, 0.25) is 5.69 Å². The first-order chi connectivity index (χ1) is 14.7. The van der Waals surface area contributed by atoms with Gasteiger partial charge < -0.3 is 24.7 Å². The smallest absolute Gasteiger partial charge is 0.409 e. The fourth-order valence-electron chi connectivity index (χ4n) is 3.68. The summed E-state index contributed by atoms with van der Waals surface area (Å²) in [7, 11) is 1.31. The highest BCUT2D eigenvalue weighted by molar-refractivity contribution is 5.95. The molecule has 1 saturated heterocycles. The topological polar surface area (TPSA) is 110 Å². The van der Waals surface area contributed by atoms with Crippen molar-refractivity contribution in [2.45, 2.75) is 27.2 Å². The Kier molecular flexibility index (Phi) is 6.62. The van der Waals surface area contributed by atoms with Crippen molar-refractivity contribution in [1.29, 1.82) is 0 Å². The minimum Gasteiger partial charge on any atom is -0.616 e. The first-order valence-electron chi connectivity index (χ1n) is 10.3. The van der Waals surface area contributed by atoms with E-state index in [9.17, 15) is 19.6 Å². The minimum atomic E-state index is -0.572. The number of hydrogen-bond acceptors (Lipinski definition) is 6. The lowest BCUT2D eigenvalue weighted by Gasteiger charge is -2.36. The first kappa shape index (κ1) is 22.3. The van der Waals surface area contributed by atoms with Gasteiger partial charge in [0.25, 0.3) is 11.6 Å². The number of aromatic nitrogens is 2. The van der Waals surface area contributed by atoms with Gasteiger partial charge in [0.1, 0.15) is 0 Å². The average Bonchev–Trinajstić information content (AvgIpc) is 2.76. The lowest BCUT2D eigenvalue weighted by atomic mass is 10.1. The number of hydrogen-bond donors (Lipinski definition) is 1. The number of methoxy groups -OCH3 is 1. The summed E-state index contributed by atoms with van der Waals surface area (Å²) >= 11 is 0. The number of ether oxygens (including phenoxy) is 1. The van der Waals surface area contributed by atoms with Crippen LogP contribution in [0.3, 0.4) is 0 Å². The van der Waals surface area contributed by atoms with Gasteiger partial charge >= 0.3 is 11.4 Å². The highest BCUT2D eigenvalue weighted by Crippen LogP contribution is 2.20. The maximum Gasteiger partial charge on any atom is 0.409 e. The highest BCUT2D eigenvalue weighted by Gasteiger charge is 2.32. The van der Waals surface area contributed by atoms with E-state index in [1.165, 1.54) is 14.0 Å². The number of nitrogens with one attached hydrogen (secondary N) is 1. The van der Waals surface area contributed by atoms with Gasteiger partial charge in [-0.1, -0.05) is 13.8 Å². The van der Waals surface area contributed by atoms with Gasteiger partial charge in [-0.2, -0.15) is 0 Å². The van der Waals surface area contributed by atoms with E-state index in [-0.39, 0.29) is 35.4 Å². The third-order valence-corrected chi connectivity index (χ3v) is 5.36. The second kappa shape index (κ2) is 9.20. The van der Waals surface area contributed by atoms with E-state index in [0.717, 1.165) is 5.69 Å². The normalized spacial score (nSPS) is 14.1. The molecule has 1 aliphatic heterocycles. The third-order valence-electron chi connectivity index (χ3n) is 5.36. The molecule has 0 spiro atoms. The Morgan fingerprint density at radius 2 is 1.77 bits per heavy atom. The zero-order chi connectivity index (χ0) is 22.7. The van der Waals surface area contributed by atoms with E-state index in [4.69, 9.17) is 4.74 Å². The molecule has 0 radical (unpaired) electrons.